The van der Waals surface area contributed by atoms with Crippen molar-refractivity contribution in [2.75, 3.05) is 13.2 Å². The summed E-state index contributed by atoms with van der Waals surface area (Å²) >= 11 is 0. The van der Waals surface area contributed by atoms with Gasteiger partial charge < -0.3 is 10.5 Å². The molecule has 0 aromatic heterocycles. The molecule has 0 aliphatic heterocycles. The van der Waals surface area contributed by atoms with Crippen molar-refractivity contribution < 1.29 is 9.53 Å². The van der Waals surface area contributed by atoms with Crippen LogP contribution in [0.5, 0.6) is 0 Å². The molecular weight excluding hydrogens is 190 g/mol. The number of carbonyl (C=O) groups excluding carboxylic acids is 1. The zero-order valence-electron chi connectivity index (χ0n) is 10.3. The third-order valence-corrected chi connectivity index (χ3v) is 2.55. The molecule has 0 heterocycles. The quantitative estimate of drug-likeness (QED) is 0.499. The van der Waals surface area contributed by atoms with Gasteiger partial charge in [0.25, 0.3) is 0 Å². The second kappa shape index (κ2) is 8.72. The summed E-state index contributed by atoms with van der Waals surface area (Å²) in [6.45, 7) is 7.51. The first kappa shape index (κ1) is 14.4. The second-order valence-corrected chi connectivity index (χ2v) is 4.47. The lowest BCUT2D eigenvalue weighted by molar-refractivity contribution is -0.144. The molecule has 90 valence electrons. The Bertz CT molecular complexity index is 165. The smallest absolute Gasteiger partial charge is 0.306 e. The van der Waals surface area contributed by atoms with Crippen LogP contribution in [0.1, 0.15) is 46.5 Å². The Kier molecular flexibility index (Phi) is 8.38. The summed E-state index contributed by atoms with van der Waals surface area (Å²) in [5.41, 5.74) is 5.52. The highest BCUT2D eigenvalue weighted by Gasteiger charge is 2.11. The highest BCUT2D eigenvalue weighted by molar-refractivity contribution is 5.69. The van der Waals surface area contributed by atoms with Crippen molar-refractivity contribution in [3.05, 3.63) is 0 Å². The van der Waals surface area contributed by atoms with Crippen LogP contribution in [0.15, 0.2) is 0 Å². The van der Waals surface area contributed by atoms with Gasteiger partial charge in [-0.15, -0.1) is 0 Å². The van der Waals surface area contributed by atoms with Gasteiger partial charge in [0.1, 0.15) is 0 Å². The molecule has 0 amide bonds. The maximum atomic E-state index is 11.3. The lowest BCUT2D eigenvalue weighted by Gasteiger charge is -2.11. The van der Waals surface area contributed by atoms with Gasteiger partial charge in [-0.05, 0) is 31.2 Å². The number of hydrogen-bond donors (Lipinski definition) is 1. The molecule has 2 N–H and O–H groups in total. The van der Waals surface area contributed by atoms with Crippen LogP contribution in [0, 0.1) is 11.8 Å². The van der Waals surface area contributed by atoms with E-state index in [2.05, 4.69) is 13.8 Å². The van der Waals surface area contributed by atoms with E-state index >= 15 is 0 Å². The van der Waals surface area contributed by atoms with Crippen LogP contribution in [0.4, 0.5) is 0 Å². The van der Waals surface area contributed by atoms with Gasteiger partial charge in [-0.2, -0.15) is 0 Å². The first-order valence-corrected chi connectivity index (χ1v) is 5.95. The Hall–Kier alpha value is -0.570. The lowest BCUT2D eigenvalue weighted by Crippen LogP contribution is -2.19. The highest BCUT2D eigenvalue weighted by Crippen LogP contribution is 2.08. The number of hydrogen-bond acceptors (Lipinski definition) is 3. The first-order chi connectivity index (χ1) is 7.10. The Morgan fingerprint density at radius 3 is 2.53 bits per heavy atom. The van der Waals surface area contributed by atoms with Crippen molar-refractivity contribution in [1.82, 2.24) is 0 Å². The fraction of sp³-hybridized carbons (Fsp3) is 0.917. The Morgan fingerprint density at radius 1 is 1.40 bits per heavy atom. The minimum absolute atomic E-state index is 0.101. The van der Waals surface area contributed by atoms with E-state index < -0.39 is 0 Å². The van der Waals surface area contributed by atoms with Crippen LogP contribution in [-0.2, 0) is 9.53 Å². The molecular formula is C12H25NO2. The molecule has 0 saturated heterocycles. The number of esters is 1. The van der Waals surface area contributed by atoms with E-state index in [-0.39, 0.29) is 11.9 Å². The average Bonchev–Trinajstić information content (AvgIpc) is 2.20. The summed E-state index contributed by atoms with van der Waals surface area (Å²) in [4.78, 5) is 11.3. The molecule has 0 fully saturated rings. The van der Waals surface area contributed by atoms with E-state index in [9.17, 15) is 4.79 Å². The van der Waals surface area contributed by atoms with Crippen molar-refractivity contribution in [2.45, 2.75) is 46.5 Å². The average molecular weight is 215 g/mol. The third kappa shape index (κ3) is 8.43. The van der Waals surface area contributed by atoms with Crippen LogP contribution in [0.25, 0.3) is 0 Å². The van der Waals surface area contributed by atoms with Crippen LogP contribution in [0.2, 0.25) is 0 Å². The molecule has 0 spiro atoms. The molecule has 3 heteroatoms. The van der Waals surface area contributed by atoms with E-state index in [1.165, 1.54) is 0 Å². The summed E-state index contributed by atoms with van der Waals surface area (Å²) in [5, 5.41) is 0. The molecule has 3 nitrogen and oxygen atoms in total. The first-order valence-electron chi connectivity index (χ1n) is 5.95. The van der Waals surface area contributed by atoms with Crippen molar-refractivity contribution in [3.8, 4) is 0 Å². The zero-order valence-corrected chi connectivity index (χ0v) is 10.3. The summed E-state index contributed by atoms with van der Waals surface area (Å²) in [6.07, 6.45) is 3.48. The zero-order chi connectivity index (χ0) is 11.7. The van der Waals surface area contributed by atoms with E-state index in [1.54, 1.807) is 0 Å². The maximum Gasteiger partial charge on any atom is 0.306 e. The molecule has 0 saturated carbocycles. The predicted molar refractivity (Wildman–Crippen MR) is 62.5 cm³/mol. The molecule has 0 bridgehead atoms. The monoisotopic (exact) mass is 215 g/mol. The fourth-order valence-electron chi connectivity index (χ4n) is 1.37. The number of ether oxygens (including phenoxy) is 1. The summed E-state index contributed by atoms with van der Waals surface area (Å²) < 4.78 is 5.13. The van der Waals surface area contributed by atoms with Crippen LogP contribution < -0.4 is 5.73 Å². The number of nitrogens with two attached hydrogens (primary N) is 1. The summed E-state index contributed by atoms with van der Waals surface area (Å²) in [7, 11) is 0. The SMILES string of the molecule is CCC(CN)CC(=O)OCCCC(C)C. The second-order valence-electron chi connectivity index (χ2n) is 4.47. The molecule has 0 aromatic carbocycles. The number of rotatable bonds is 8. The normalized spacial score (nSPS) is 12.9. The van der Waals surface area contributed by atoms with E-state index in [1.807, 2.05) is 6.92 Å². The Morgan fingerprint density at radius 2 is 2.07 bits per heavy atom. The van der Waals surface area contributed by atoms with E-state index in [0.29, 0.717) is 25.5 Å². The van der Waals surface area contributed by atoms with E-state index in [4.69, 9.17) is 10.5 Å². The van der Waals surface area contributed by atoms with Gasteiger partial charge in [-0.1, -0.05) is 27.2 Å². The van der Waals surface area contributed by atoms with Gasteiger partial charge in [0.05, 0.1) is 6.61 Å². The molecule has 0 aliphatic rings. The summed E-state index contributed by atoms with van der Waals surface area (Å²) in [6, 6.07) is 0. The predicted octanol–water partition coefficient (Wildman–Crippen LogP) is 2.34. The van der Waals surface area contributed by atoms with Gasteiger partial charge in [0, 0.05) is 6.42 Å². The van der Waals surface area contributed by atoms with E-state index in [0.717, 1.165) is 19.3 Å². The molecule has 1 atom stereocenters. The van der Waals surface area contributed by atoms with Crippen molar-refractivity contribution in [3.63, 3.8) is 0 Å². The standard InChI is InChI=1S/C12H25NO2/c1-4-11(9-13)8-12(14)15-7-5-6-10(2)3/h10-11H,4-9,13H2,1-3H3. The van der Waals surface area contributed by atoms with Crippen LogP contribution >= 0.6 is 0 Å². The van der Waals surface area contributed by atoms with Crippen molar-refractivity contribution in [2.24, 2.45) is 17.6 Å². The lowest BCUT2D eigenvalue weighted by atomic mass is 10.0. The molecule has 15 heavy (non-hydrogen) atoms. The van der Waals surface area contributed by atoms with Crippen molar-refractivity contribution >= 4 is 5.97 Å². The Balaban J connectivity index is 3.48. The van der Waals surface area contributed by atoms with Crippen LogP contribution in [-0.4, -0.2) is 19.1 Å². The fourth-order valence-corrected chi connectivity index (χ4v) is 1.37. The van der Waals surface area contributed by atoms with Gasteiger partial charge in [-0.3, -0.25) is 4.79 Å². The highest BCUT2D eigenvalue weighted by atomic mass is 16.5. The third-order valence-electron chi connectivity index (χ3n) is 2.55. The topological polar surface area (TPSA) is 52.3 Å². The van der Waals surface area contributed by atoms with Gasteiger partial charge in [0.2, 0.25) is 0 Å². The molecule has 0 aliphatic carbocycles. The largest absolute Gasteiger partial charge is 0.466 e. The summed E-state index contributed by atoms with van der Waals surface area (Å²) in [5.74, 6) is 0.856. The molecule has 0 rings (SSSR count). The molecule has 0 radical (unpaired) electrons. The van der Waals surface area contributed by atoms with Gasteiger partial charge >= 0.3 is 5.97 Å². The minimum atomic E-state index is -0.101. The Labute approximate surface area is 93.4 Å². The van der Waals surface area contributed by atoms with Gasteiger partial charge in [-0.25, -0.2) is 0 Å². The maximum absolute atomic E-state index is 11.3. The molecule has 0 aromatic rings. The minimum Gasteiger partial charge on any atom is -0.466 e. The molecule has 1 unspecified atom stereocenters. The van der Waals surface area contributed by atoms with Gasteiger partial charge in [0.15, 0.2) is 0 Å². The van der Waals surface area contributed by atoms with Crippen LogP contribution in [0.3, 0.4) is 0 Å². The number of carbonyl (C=O) groups is 1. The van der Waals surface area contributed by atoms with Crippen molar-refractivity contribution in [1.29, 1.82) is 0 Å².